The minimum Gasteiger partial charge on any atom is -0.457 e. The second kappa shape index (κ2) is 12.4. The van der Waals surface area contributed by atoms with Gasteiger partial charge in [-0.05, 0) is 156 Å². The van der Waals surface area contributed by atoms with Gasteiger partial charge in [0, 0.05) is 27.7 Å². The van der Waals surface area contributed by atoms with Crippen LogP contribution in [0.25, 0.3) is 99.1 Å². The van der Waals surface area contributed by atoms with Gasteiger partial charge in [0.25, 0.3) is 0 Å². The molecule has 5 aromatic heterocycles. The molecule has 0 atom stereocenters. The third-order valence-electron chi connectivity index (χ3n) is 12.2. The molecule has 0 aliphatic carbocycles. The Bertz CT molecular complexity index is 3720. The van der Waals surface area contributed by atoms with Crippen molar-refractivity contribution in [3.05, 3.63) is 168 Å². The van der Waals surface area contributed by atoms with Gasteiger partial charge < -0.3 is 4.74 Å². The van der Waals surface area contributed by atoms with Crippen molar-refractivity contribution < 1.29 is 4.74 Å². The molecule has 7 nitrogen and oxygen atoms in total. The summed E-state index contributed by atoms with van der Waals surface area (Å²) in [7, 11) is 0. The summed E-state index contributed by atoms with van der Waals surface area (Å²) in [6.07, 6.45) is 3.47. The van der Waals surface area contributed by atoms with Gasteiger partial charge in [-0.1, -0.05) is 60.7 Å². The number of ether oxygens (including phenoxy) is 1. The second-order valence-corrected chi connectivity index (χ2v) is 15.7. The van der Waals surface area contributed by atoms with Gasteiger partial charge in [-0.25, -0.2) is 19.9 Å². The van der Waals surface area contributed by atoms with Crippen LogP contribution in [0.3, 0.4) is 0 Å². The fraction of sp³-hybridized carbons (Fsp3) is 0.0769. The highest BCUT2D eigenvalue weighted by molar-refractivity contribution is 6.17. The van der Waals surface area contributed by atoms with Crippen LogP contribution < -0.4 is 4.74 Å². The van der Waals surface area contributed by atoms with E-state index >= 15 is 0 Å². The number of rotatable bonds is 4. The van der Waals surface area contributed by atoms with Crippen LogP contribution in [0.2, 0.25) is 0 Å². The van der Waals surface area contributed by atoms with Gasteiger partial charge in [-0.2, -0.15) is 0 Å². The number of pyridine rings is 2. The number of hydrogen-bond donors (Lipinski definition) is 0. The third-order valence-corrected chi connectivity index (χ3v) is 12.2. The van der Waals surface area contributed by atoms with Crippen LogP contribution in [-0.2, 0) is 0 Å². The van der Waals surface area contributed by atoms with Crippen molar-refractivity contribution in [2.24, 2.45) is 0 Å². The van der Waals surface area contributed by atoms with Crippen molar-refractivity contribution >= 4 is 76.8 Å². The number of benzene rings is 7. The van der Waals surface area contributed by atoms with Crippen LogP contribution in [0, 0.1) is 27.7 Å². The van der Waals surface area contributed by atoms with Gasteiger partial charge in [0.1, 0.15) is 34.8 Å². The Kier molecular flexibility index (Phi) is 7.06. The van der Waals surface area contributed by atoms with E-state index in [4.69, 9.17) is 19.7 Å². The number of aromatic nitrogens is 6. The van der Waals surface area contributed by atoms with Gasteiger partial charge in [0.2, 0.25) is 0 Å². The Morgan fingerprint density at radius 2 is 0.949 bits per heavy atom. The van der Waals surface area contributed by atoms with Gasteiger partial charge in [0.15, 0.2) is 0 Å². The molecule has 0 aliphatic heterocycles. The van der Waals surface area contributed by atoms with E-state index in [1.807, 2.05) is 30.5 Å². The topological polar surface area (TPSA) is 69.6 Å². The van der Waals surface area contributed by atoms with E-state index in [1.54, 1.807) is 6.33 Å². The van der Waals surface area contributed by atoms with E-state index in [0.29, 0.717) is 5.75 Å². The summed E-state index contributed by atoms with van der Waals surface area (Å²) in [4.78, 5) is 19.5. The maximum Gasteiger partial charge on any atom is 0.150 e. The molecule has 0 N–H and O–H groups in total. The SMILES string of the molecule is Cc1cccc(C)c1-c1cc2c3ccc(Oc4ccc5c6cncnc6n6c7ccccc7nc6c5c4)cc3c3nc4ccccc4n3c2cc1-c1c(C)cccc1C. The van der Waals surface area contributed by atoms with Gasteiger partial charge in [-0.15, -0.1) is 0 Å². The molecule has 0 fully saturated rings. The molecule has 12 rings (SSSR count). The molecule has 280 valence electrons. The molecule has 0 unspecified atom stereocenters. The molecular formula is C52H36N6O. The van der Waals surface area contributed by atoms with Gasteiger partial charge in [-0.3, -0.25) is 8.80 Å². The number of imidazole rings is 2. The predicted molar refractivity (Wildman–Crippen MR) is 241 cm³/mol. The summed E-state index contributed by atoms with van der Waals surface area (Å²) in [5.41, 5.74) is 17.6. The first-order chi connectivity index (χ1) is 28.9. The Morgan fingerprint density at radius 3 is 1.56 bits per heavy atom. The van der Waals surface area contributed by atoms with E-state index in [2.05, 4.69) is 151 Å². The fourth-order valence-corrected chi connectivity index (χ4v) is 9.59. The lowest BCUT2D eigenvalue weighted by atomic mass is 9.85. The first kappa shape index (κ1) is 33.5. The molecule has 0 saturated carbocycles. The summed E-state index contributed by atoms with van der Waals surface area (Å²) >= 11 is 0. The van der Waals surface area contributed by atoms with Crippen molar-refractivity contribution in [1.82, 2.24) is 28.7 Å². The molecule has 0 radical (unpaired) electrons. The zero-order valence-electron chi connectivity index (χ0n) is 32.9. The second-order valence-electron chi connectivity index (χ2n) is 15.7. The monoisotopic (exact) mass is 760 g/mol. The Balaban J connectivity index is 1.11. The molecule has 0 amide bonds. The molecule has 7 heteroatoms. The molecule has 12 aromatic rings. The first-order valence-electron chi connectivity index (χ1n) is 20.0. The Morgan fingerprint density at radius 1 is 0.424 bits per heavy atom. The van der Waals surface area contributed by atoms with Crippen LogP contribution in [0.5, 0.6) is 11.5 Å². The summed E-state index contributed by atoms with van der Waals surface area (Å²) < 4.78 is 11.2. The zero-order valence-corrected chi connectivity index (χ0v) is 32.9. The van der Waals surface area contributed by atoms with E-state index in [0.717, 1.165) is 82.6 Å². The highest BCUT2D eigenvalue weighted by Crippen LogP contribution is 2.45. The van der Waals surface area contributed by atoms with E-state index in [9.17, 15) is 0 Å². The van der Waals surface area contributed by atoms with Crippen LogP contribution >= 0.6 is 0 Å². The largest absolute Gasteiger partial charge is 0.457 e. The average Bonchev–Trinajstić information content (AvgIpc) is 3.84. The minimum absolute atomic E-state index is 0.711. The minimum atomic E-state index is 0.711. The Labute approximate surface area is 338 Å². The van der Waals surface area contributed by atoms with Crippen molar-refractivity contribution in [3.8, 4) is 33.8 Å². The lowest BCUT2D eigenvalue weighted by Gasteiger charge is -2.21. The van der Waals surface area contributed by atoms with Crippen molar-refractivity contribution in [1.29, 1.82) is 0 Å². The highest BCUT2D eigenvalue weighted by Gasteiger charge is 2.22. The van der Waals surface area contributed by atoms with E-state index in [1.165, 1.54) is 44.5 Å². The maximum atomic E-state index is 6.79. The summed E-state index contributed by atoms with van der Waals surface area (Å²) in [5, 5.41) is 6.23. The van der Waals surface area contributed by atoms with E-state index < -0.39 is 0 Å². The Hall–Kier alpha value is -7.64. The molecule has 7 aromatic carbocycles. The highest BCUT2D eigenvalue weighted by atomic mass is 16.5. The molecule has 5 heterocycles. The normalized spacial score (nSPS) is 12.1. The lowest BCUT2D eigenvalue weighted by molar-refractivity contribution is 0.484. The third kappa shape index (κ3) is 4.88. The molecule has 0 spiro atoms. The number of para-hydroxylation sites is 4. The lowest BCUT2D eigenvalue weighted by Crippen LogP contribution is -1.98. The molecular weight excluding hydrogens is 725 g/mol. The zero-order chi connectivity index (χ0) is 39.5. The van der Waals surface area contributed by atoms with Crippen LogP contribution in [0.15, 0.2) is 146 Å². The molecule has 0 aliphatic rings. The predicted octanol–water partition coefficient (Wildman–Crippen LogP) is 13.1. The standard InChI is InChI=1S/C52H36N6O/c1-29-11-9-12-30(2)48(29)38-25-37-35-21-19-33(59-34-20-22-36-41(24-34)52-56-44-16-6-8-18-46(44)58(52)50-42(36)27-53-28-54-50)23-40(35)51-55-43-15-5-7-17-45(43)57(51)47(37)26-39(38)49-31(3)13-10-14-32(49)4/h5-28H,1-4H3. The number of nitrogens with zero attached hydrogens (tertiary/aromatic N) is 6. The quantitative estimate of drug-likeness (QED) is 0.167. The number of hydrogen-bond acceptors (Lipinski definition) is 5. The van der Waals surface area contributed by atoms with Gasteiger partial charge >= 0.3 is 0 Å². The number of fused-ring (bicyclic) bond motifs is 16. The number of aryl methyl sites for hydroxylation is 4. The van der Waals surface area contributed by atoms with Crippen molar-refractivity contribution in [3.63, 3.8) is 0 Å². The fourth-order valence-electron chi connectivity index (χ4n) is 9.59. The molecule has 0 bridgehead atoms. The average molecular weight is 761 g/mol. The smallest absolute Gasteiger partial charge is 0.150 e. The summed E-state index contributed by atoms with van der Waals surface area (Å²) in [6, 6.07) is 47.2. The van der Waals surface area contributed by atoms with Crippen molar-refractivity contribution in [2.75, 3.05) is 0 Å². The van der Waals surface area contributed by atoms with E-state index in [-0.39, 0.29) is 0 Å². The molecule has 0 saturated heterocycles. The molecule has 59 heavy (non-hydrogen) atoms. The van der Waals surface area contributed by atoms with Crippen LogP contribution in [0.4, 0.5) is 0 Å². The first-order valence-corrected chi connectivity index (χ1v) is 20.0. The maximum absolute atomic E-state index is 6.79. The summed E-state index contributed by atoms with van der Waals surface area (Å²) in [6.45, 7) is 8.88. The summed E-state index contributed by atoms with van der Waals surface area (Å²) in [5.74, 6) is 1.43. The van der Waals surface area contributed by atoms with Crippen molar-refractivity contribution in [2.45, 2.75) is 27.7 Å². The van der Waals surface area contributed by atoms with Crippen LogP contribution in [0.1, 0.15) is 22.3 Å². The van der Waals surface area contributed by atoms with Gasteiger partial charge in [0.05, 0.1) is 27.6 Å². The van der Waals surface area contributed by atoms with Crippen LogP contribution in [-0.4, -0.2) is 28.7 Å².